The number of carbonyl (C=O) groups is 2. The van der Waals surface area contributed by atoms with Crippen LogP contribution in [0.5, 0.6) is 11.5 Å². The number of ether oxygens (including phenoxy) is 4. The summed E-state index contributed by atoms with van der Waals surface area (Å²) < 4.78 is 33.4. The maximum atomic E-state index is 12.8. The molecule has 0 fully saturated rings. The average molecular weight is 523 g/mol. The molecule has 0 N–H and O–H groups in total. The minimum atomic E-state index is -0.866. The van der Waals surface area contributed by atoms with Gasteiger partial charge < -0.3 is 27.8 Å². The van der Waals surface area contributed by atoms with E-state index in [0.717, 1.165) is 0 Å². The van der Waals surface area contributed by atoms with E-state index in [1.165, 1.54) is 26.0 Å². The Morgan fingerprint density at radius 1 is 0.789 bits per heavy atom. The van der Waals surface area contributed by atoms with Crippen molar-refractivity contribution >= 4 is 33.9 Å². The molecule has 4 rings (SSSR count). The van der Waals surface area contributed by atoms with E-state index >= 15 is 0 Å². The first-order valence-electron chi connectivity index (χ1n) is 11.9. The summed E-state index contributed by atoms with van der Waals surface area (Å²) in [7, 11) is 0. The van der Waals surface area contributed by atoms with Crippen LogP contribution >= 0.6 is 0 Å². The van der Waals surface area contributed by atoms with Crippen LogP contribution in [0.25, 0.3) is 21.9 Å². The molecular formula is C28H26O10. The lowest BCUT2D eigenvalue weighted by Gasteiger charge is -2.19. The summed E-state index contributed by atoms with van der Waals surface area (Å²) in [5, 5.41) is 0.461. The summed E-state index contributed by atoms with van der Waals surface area (Å²) in [6.45, 7) is 3.95. The summed E-state index contributed by atoms with van der Waals surface area (Å²) in [5.41, 5.74) is 0.00168. The van der Waals surface area contributed by atoms with E-state index < -0.39 is 23.5 Å². The standard InChI is InChI=1S/C28H26O10/c1-4-18-11-21(31)27-23(7-5-9-25(27)37-18)34-14-20(36-17(3)30)15-35-24-8-6-10-26-28(24)22(32)12-19(38-26)13-33-16(2)29/h5-12,20H,4,13-15H2,1-3H3. The third-order valence-corrected chi connectivity index (χ3v) is 5.48. The molecule has 0 aliphatic rings. The van der Waals surface area contributed by atoms with Crippen LogP contribution in [0.4, 0.5) is 0 Å². The minimum absolute atomic E-state index is 0.125. The van der Waals surface area contributed by atoms with Gasteiger partial charge in [0.1, 0.15) is 64.8 Å². The molecule has 0 bridgehead atoms. The maximum Gasteiger partial charge on any atom is 0.303 e. The lowest BCUT2D eigenvalue weighted by molar-refractivity contribution is -0.149. The van der Waals surface area contributed by atoms with Gasteiger partial charge in [0.15, 0.2) is 17.0 Å². The van der Waals surface area contributed by atoms with Gasteiger partial charge in [0.05, 0.1) is 0 Å². The fraction of sp³-hybridized carbons (Fsp3) is 0.286. The Morgan fingerprint density at radius 2 is 1.32 bits per heavy atom. The van der Waals surface area contributed by atoms with Crippen molar-refractivity contribution < 1.29 is 37.4 Å². The number of hydrogen-bond acceptors (Lipinski definition) is 10. The highest BCUT2D eigenvalue weighted by Crippen LogP contribution is 2.26. The van der Waals surface area contributed by atoms with Crippen molar-refractivity contribution in [1.29, 1.82) is 0 Å². The molecule has 0 saturated heterocycles. The molecule has 0 spiro atoms. The fourth-order valence-electron chi connectivity index (χ4n) is 3.83. The number of esters is 2. The molecule has 0 radical (unpaired) electrons. The molecule has 10 nitrogen and oxygen atoms in total. The van der Waals surface area contributed by atoms with Gasteiger partial charge in [-0.1, -0.05) is 19.1 Å². The van der Waals surface area contributed by atoms with Crippen LogP contribution in [0.1, 0.15) is 32.3 Å². The highest BCUT2D eigenvalue weighted by atomic mass is 16.6. The van der Waals surface area contributed by atoms with Crippen molar-refractivity contribution in [2.75, 3.05) is 13.2 Å². The van der Waals surface area contributed by atoms with Crippen LogP contribution < -0.4 is 20.3 Å². The lowest BCUT2D eigenvalue weighted by Crippen LogP contribution is -2.30. The molecule has 4 aromatic rings. The van der Waals surface area contributed by atoms with Crippen molar-refractivity contribution in [2.45, 2.75) is 39.9 Å². The Hall–Kier alpha value is -4.60. The van der Waals surface area contributed by atoms with E-state index in [1.807, 2.05) is 6.92 Å². The molecule has 0 saturated carbocycles. The number of benzene rings is 2. The zero-order valence-electron chi connectivity index (χ0n) is 21.1. The Balaban J connectivity index is 1.53. The predicted molar refractivity (Wildman–Crippen MR) is 136 cm³/mol. The Kier molecular flexibility index (Phi) is 8.10. The van der Waals surface area contributed by atoms with Crippen LogP contribution in [0.15, 0.2) is 67.0 Å². The molecule has 2 heterocycles. The topological polar surface area (TPSA) is 131 Å². The van der Waals surface area contributed by atoms with E-state index in [0.29, 0.717) is 17.8 Å². The van der Waals surface area contributed by atoms with E-state index in [9.17, 15) is 19.2 Å². The third-order valence-electron chi connectivity index (χ3n) is 5.48. The van der Waals surface area contributed by atoms with Gasteiger partial charge in [0.25, 0.3) is 0 Å². The molecule has 1 atom stereocenters. The van der Waals surface area contributed by atoms with Crippen molar-refractivity contribution in [2.24, 2.45) is 0 Å². The zero-order valence-corrected chi connectivity index (χ0v) is 21.1. The van der Waals surface area contributed by atoms with Crippen molar-refractivity contribution in [3.05, 3.63) is 80.5 Å². The summed E-state index contributed by atoms with van der Waals surface area (Å²) >= 11 is 0. The number of fused-ring (bicyclic) bond motifs is 2. The van der Waals surface area contributed by atoms with Gasteiger partial charge in [-0.15, -0.1) is 0 Å². The highest BCUT2D eigenvalue weighted by molar-refractivity contribution is 5.84. The third kappa shape index (κ3) is 6.20. The van der Waals surface area contributed by atoms with E-state index in [-0.39, 0.29) is 58.9 Å². The Labute approximate surface area is 216 Å². The van der Waals surface area contributed by atoms with Gasteiger partial charge in [0, 0.05) is 32.4 Å². The smallest absolute Gasteiger partial charge is 0.303 e. The van der Waals surface area contributed by atoms with Gasteiger partial charge in [-0.3, -0.25) is 19.2 Å². The van der Waals surface area contributed by atoms with Gasteiger partial charge in [-0.25, -0.2) is 0 Å². The second-order valence-electron chi connectivity index (χ2n) is 8.40. The number of rotatable bonds is 10. The maximum absolute atomic E-state index is 12.8. The van der Waals surface area contributed by atoms with E-state index in [4.69, 9.17) is 27.8 Å². The monoisotopic (exact) mass is 522 g/mol. The first kappa shape index (κ1) is 26.5. The summed E-state index contributed by atoms with van der Waals surface area (Å²) in [5.74, 6) is 0.182. The van der Waals surface area contributed by atoms with Crippen LogP contribution in [0.2, 0.25) is 0 Å². The Morgan fingerprint density at radius 3 is 1.82 bits per heavy atom. The first-order chi connectivity index (χ1) is 18.2. The molecule has 0 aliphatic carbocycles. The van der Waals surface area contributed by atoms with Crippen LogP contribution in [-0.4, -0.2) is 31.3 Å². The van der Waals surface area contributed by atoms with Crippen LogP contribution in [0.3, 0.4) is 0 Å². The molecule has 0 aliphatic heterocycles. The quantitative estimate of drug-likeness (QED) is 0.282. The van der Waals surface area contributed by atoms with Crippen molar-refractivity contribution in [3.63, 3.8) is 0 Å². The largest absolute Gasteiger partial charge is 0.489 e. The van der Waals surface area contributed by atoms with E-state index in [2.05, 4.69) is 0 Å². The molecular weight excluding hydrogens is 496 g/mol. The molecule has 1 unspecified atom stereocenters. The highest BCUT2D eigenvalue weighted by Gasteiger charge is 2.19. The average Bonchev–Trinajstić information content (AvgIpc) is 2.88. The van der Waals surface area contributed by atoms with Crippen LogP contribution in [0, 0.1) is 0 Å². The van der Waals surface area contributed by atoms with Gasteiger partial charge >= 0.3 is 11.9 Å². The SMILES string of the molecule is CCc1cc(=O)c2c(OCC(COc3cccc4oc(COC(C)=O)cc(=O)c34)OC(C)=O)cccc2o1. The van der Waals surface area contributed by atoms with E-state index in [1.54, 1.807) is 36.4 Å². The number of carbonyl (C=O) groups excluding carboxylic acids is 2. The normalized spacial score (nSPS) is 11.8. The first-order valence-corrected chi connectivity index (χ1v) is 11.9. The Bertz CT molecular complexity index is 1600. The molecule has 10 heteroatoms. The fourth-order valence-corrected chi connectivity index (χ4v) is 3.83. The zero-order chi connectivity index (χ0) is 27.2. The summed E-state index contributed by atoms with van der Waals surface area (Å²) in [6, 6.07) is 12.4. The number of hydrogen-bond donors (Lipinski definition) is 0. The number of aryl methyl sites for hydroxylation is 1. The van der Waals surface area contributed by atoms with Crippen molar-refractivity contribution in [1.82, 2.24) is 0 Å². The molecule has 198 valence electrons. The van der Waals surface area contributed by atoms with Gasteiger partial charge in [-0.05, 0) is 24.3 Å². The predicted octanol–water partition coefficient (Wildman–Crippen LogP) is 3.91. The summed E-state index contributed by atoms with van der Waals surface area (Å²) in [4.78, 5) is 48.2. The van der Waals surface area contributed by atoms with Crippen molar-refractivity contribution in [3.8, 4) is 11.5 Å². The molecule has 2 aromatic carbocycles. The second kappa shape index (κ2) is 11.6. The molecule has 0 amide bonds. The molecule has 2 aromatic heterocycles. The lowest BCUT2D eigenvalue weighted by atomic mass is 10.2. The second-order valence-corrected chi connectivity index (χ2v) is 8.40. The van der Waals surface area contributed by atoms with Crippen LogP contribution in [-0.2, 0) is 32.1 Å². The minimum Gasteiger partial charge on any atom is -0.489 e. The van der Waals surface area contributed by atoms with Gasteiger partial charge in [0.2, 0.25) is 0 Å². The summed E-state index contributed by atoms with van der Waals surface area (Å²) in [6.07, 6.45) is -0.294. The van der Waals surface area contributed by atoms with Gasteiger partial charge in [-0.2, -0.15) is 0 Å². The molecule has 38 heavy (non-hydrogen) atoms.